The highest BCUT2D eigenvalue weighted by molar-refractivity contribution is 6.26. The molecule has 1 heterocycles. The summed E-state index contributed by atoms with van der Waals surface area (Å²) in [6.07, 6.45) is 2.57. The van der Waals surface area contributed by atoms with Gasteiger partial charge < -0.3 is 25.8 Å². The van der Waals surface area contributed by atoms with Crippen LogP contribution in [-0.4, -0.2) is 53.5 Å². The van der Waals surface area contributed by atoms with Gasteiger partial charge in [-0.15, -0.1) is 0 Å². The van der Waals surface area contributed by atoms with Crippen molar-refractivity contribution in [1.82, 2.24) is 15.6 Å². The summed E-state index contributed by atoms with van der Waals surface area (Å²) in [7, 11) is 0. The first kappa shape index (κ1) is 22.8. The van der Waals surface area contributed by atoms with Crippen LogP contribution < -0.4 is 10.6 Å². The number of H-pyrrole nitrogens is 1. The van der Waals surface area contributed by atoms with Crippen LogP contribution in [0, 0.1) is 5.41 Å². The molecule has 0 radical (unpaired) electrons. The molecule has 0 aliphatic heterocycles. The maximum absolute atomic E-state index is 12.9. The van der Waals surface area contributed by atoms with Gasteiger partial charge in [0.25, 0.3) is 0 Å². The molecule has 0 unspecified atom stereocenters. The number of Topliss-reactive ketones (excluding diaryl/α,β-unsaturated/α-hetero) is 1. The zero-order valence-corrected chi connectivity index (χ0v) is 17.0. The van der Waals surface area contributed by atoms with Crippen LogP contribution in [0.15, 0.2) is 30.5 Å². The molecule has 4 N–H and O–H groups in total. The fourth-order valence-corrected chi connectivity index (χ4v) is 3.10. The van der Waals surface area contributed by atoms with E-state index in [9.17, 15) is 19.2 Å². The summed E-state index contributed by atoms with van der Waals surface area (Å²) in [6, 6.07) is 5.61. The van der Waals surface area contributed by atoms with Crippen molar-refractivity contribution in [3.63, 3.8) is 0 Å². The molecule has 0 aliphatic carbocycles. The number of ether oxygens (including phenoxy) is 1. The van der Waals surface area contributed by atoms with Gasteiger partial charge in [-0.3, -0.25) is 14.4 Å². The third kappa shape index (κ3) is 6.26. The highest BCUT2D eigenvalue weighted by Gasteiger charge is 2.28. The van der Waals surface area contributed by atoms with Gasteiger partial charge >= 0.3 is 5.97 Å². The summed E-state index contributed by atoms with van der Waals surface area (Å²) in [4.78, 5) is 51.3. The fraction of sp³-hybridized carbons (Fsp3) is 0.381. The molecule has 0 spiro atoms. The minimum atomic E-state index is -1.06. The summed E-state index contributed by atoms with van der Waals surface area (Å²) in [5.41, 5.74) is 1.75. The van der Waals surface area contributed by atoms with Gasteiger partial charge in [-0.05, 0) is 25.0 Å². The zero-order chi connectivity index (χ0) is 22.1. The van der Waals surface area contributed by atoms with Gasteiger partial charge in [0.05, 0.1) is 12.8 Å². The molecule has 0 fully saturated rings. The van der Waals surface area contributed by atoms with E-state index >= 15 is 0 Å². The molecule has 9 heteroatoms. The van der Waals surface area contributed by atoms with Crippen LogP contribution in [0.25, 0.3) is 10.9 Å². The molecule has 0 saturated carbocycles. The van der Waals surface area contributed by atoms with Gasteiger partial charge in [-0.2, -0.15) is 0 Å². The first-order valence-corrected chi connectivity index (χ1v) is 9.68. The first-order valence-electron chi connectivity index (χ1n) is 9.68. The molecule has 2 atom stereocenters. The summed E-state index contributed by atoms with van der Waals surface area (Å²) in [5, 5.41) is 13.1. The second-order valence-electron chi connectivity index (χ2n) is 6.78. The second kappa shape index (κ2) is 10.9. The lowest BCUT2D eigenvalue weighted by Crippen LogP contribution is -2.52. The minimum absolute atomic E-state index is 0.00133. The third-order valence-electron chi connectivity index (χ3n) is 4.52. The standard InChI is InChI=1S/C21H26N4O5/c1-3-30-21(29)18(9-8-15(27)11-22)25-20(28)19(24-13(2)26)10-14-12-23-17-7-5-4-6-16(14)17/h4-7,11-12,18-19,22-23H,3,8-10H2,1-2H3,(H,24,26)(H,25,28)/t18-,19-/m0/s1. The first-order chi connectivity index (χ1) is 14.3. The zero-order valence-electron chi connectivity index (χ0n) is 17.0. The average molecular weight is 414 g/mol. The number of carbonyl (C=O) groups excluding carboxylic acids is 4. The molecule has 30 heavy (non-hydrogen) atoms. The topological polar surface area (TPSA) is 141 Å². The summed E-state index contributed by atoms with van der Waals surface area (Å²) >= 11 is 0. The number of hydrogen-bond donors (Lipinski definition) is 4. The minimum Gasteiger partial charge on any atom is -0.464 e. The van der Waals surface area contributed by atoms with Gasteiger partial charge in [0, 0.05) is 36.9 Å². The lowest BCUT2D eigenvalue weighted by molar-refractivity contribution is -0.147. The smallest absolute Gasteiger partial charge is 0.328 e. The molecule has 0 aliphatic rings. The van der Waals surface area contributed by atoms with E-state index in [1.165, 1.54) is 6.92 Å². The SMILES string of the molecule is CCOC(=O)[C@H](CCC(=O)C=N)NC(=O)[C@H](Cc1c[nH]c2ccccc12)NC(C)=O. The lowest BCUT2D eigenvalue weighted by atomic mass is 10.0. The Kier molecular flexibility index (Phi) is 8.28. The van der Waals surface area contributed by atoms with Gasteiger partial charge in [-0.25, -0.2) is 4.79 Å². The summed E-state index contributed by atoms with van der Waals surface area (Å²) in [6.45, 7) is 3.06. The summed E-state index contributed by atoms with van der Waals surface area (Å²) < 4.78 is 4.98. The Hall–Kier alpha value is -3.49. The lowest BCUT2D eigenvalue weighted by Gasteiger charge is -2.22. The highest BCUT2D eigenvalue weighted by Crippen LogP contribution is 2.19. The van der Waals surface area contributed by atoms with Crippen LogP contribution in [0.1, 0.15) is 32.3 Å². The van der Waals surface area contributed by atoms with E-state index in [4.69, 9.17) is 10.1 Å². The van der Waals surface area contributed by atoms with E-state index in [0.29, 0.717) is 6.21 Å². The Balaban J connectivity index is 2.18. The van der Waals surface area contributed by atoms with Crippen molar-refractivity contribution < 1.29 is 23.9 Å². The Morgan fingerprint density at radius 2 is 1.90 bits per heavy atom. The number of rotatable bonds is 11. The van der Waals surface area contributed by atoms with Crippen LogP contribution in [0.3, 0.4) is 0 Å². The molecule has 1 aromatic carbocycles. The van der Waals surface area contributed by atoms with Gasteiger partial charge in [-0.1, -0.05) is 18.2 Å². The van der Waals surface area contributed by atoms with E-state index in [-0.39, 0.29) is 31.8 Å². The van der Waals surface area contributed by atoms with Crippen LogP contribution >= 0.6 is 0 Å². The summed E-state index contributed by atoms with van der Waals surface area (Å²) in [5.74, 6) is -2.08. The van der Waals surface area contributed by atoms with Crippen molar-refractivity contribution in [3.05, 3.63) is 36.0 Å². The number of nitrogens with one attached hydrogen (secondary N) is 4. The number of carbonyl (C=O) groups is 4. The Morgan fingerprint density at radius 3 is 2.57 bits per heavy atom. The predicted molar refractivity (Wildman–Crippen MR) is 111 cm³/mol. The number of esters is 1. The number of ketones is 1. The van der Waals surface area contributed by atoms with E-state index in [0.717, 1.165) is 16.5 Å². The predicted octanol–water partition coefficient (Wildman–Crippen LogP) is 1.26. The number of amides is 2. The highest BCUT2D eigenvalue weighted by atomic mass is 16.5. The number of aromatic nitrogens is 1. The Bertz CT molecular complexity index is 936. The fourth-order valence-electron chi connectivity index (χ4n) is 3.10. The largest absolute Gasteiger partial charge is 0.464 e. The van der Waals surface area contributed by atoms with Crippen LogP contribution in [0.4, 0.5) is 0 Å². The quantitative estimate of drug-likeness (QED) is 0.324. The molecule has 1 aromatic heterocycles. The van der Waals surface area contributed by atoms with Gasteiger partial charge in [0.2, 0.25) is 11.8 Å². The molecule has 2 rings (SSSR count). The number of para-hydroxylation sites is 1. The van der Waals surface area contributed by atoms with Crippen LogP contribution in [0.5, 0.6) is 0 Å². The maximum Gasteiger partial charge on any atom is 0.328 e. The van der Waals surface area contributed by atoms with Crippen molar-refractivity contribution in [1.29, 1.82) is 5.41 Å². The van der Waals surface area contributed by atoms with Crippen LogP contribution in [0.2, 0.25) is 0 Å². The van der Waals surface area contributed by atoms with E-state index in [2.05, 4.69) is 15.6 Å². The van der Waals surface area contributed by atoms with Crippen molar-refractivity contribution in [2.45, 2.75) is 45.2 Å². The van der Waals surface area contributed by atoms with Crippen molar-refractivity contribution in [2.24, 2.45) is 0 Å². The van der Waals surface area contributed by atoms with E-state index < -0.39 is 29.7 Å². The number of hydrogen-bond acceptors (Lipinski definition) is 6. The molecule has 0 bridgehead atoms. The molecule has 9 nitrogen and oxygen atoms in total. The van der Waals surface area contributed by atoms with Gasteiger partial charge in [0.1, 0.15) is 12.1 Å². The van der Waals surface area contributed by atoms with Crippen molar-refractivity contribution >= 4 is 40.7 Å². The average Bonchev–Trinajstić information content (AvgIpc) is 3.12. The Labute approximate surface area is 174 Å². The molecular formula is C21H26N4O5. The normalized spacial score (nSPS) is 12.6. The maximum atomic E-state index is 12.9. The molecule has 0 saturated heterocycles. The van der Waals surface area contributed by atoms with Crippen LogP contribution in [-0.2, 0) is 30.3 Å². The molecule has 2 amide bonds. The van der Waals surface area contributed by atoms with E-state index in [1.807, 2.05) is 24.3 Å². The number of fused-ring (bicyclic) bond motifs is 1. The molecule has 2 aromatic rings. The monoisotopic (exact) mass is 414 g/mol. The number of aromatic amines is 1. The third-order valence-corrected chi connectivity index (χ3v) is 4.52. The number of benzene rings is 1. The molecular weight excluding hydrogens is 388 g/mol. The van der Waals surface area contributed by atoms with Crippen molar-refractivity contribution in [3.8, 4) is 0 Å². The molecule has 160 valence electrons. The van der Waals surface area contributed by atoms with Gasteiger partial charge in [0.15, 0.2) is 5.78 Å². The Morgan fingerprint density at radius 1 is 1.17 bits per heavy atom. The van der Waals surface area contributed by atoms with E-state index in [1.54, 1.807) is 13.1 Å². The van der Waals surface area contributed by atoms with Crippen molar-refractivity contribution in [2.75, 3.05) is 6.61 Å². The second-order valence-corrected chi connectivity index (χ2v) is 6.78.